The van der Waals surface area contributed by atoms with E-state index in [4.69, 9.17) is 10.2 Å². The molecule has 1 atom stereocenters. The highest BCUT2D eigenvalue weighted by Gasteiger charge is 2.28. The number of benzene rings is 2. The van der Waals surface area contributed by atoms with Gasteiger partial charge >= 0.3 is 0 Å². The van der Waals surface area contributed by atoms with Crippen LogP contribution in [0.4, 0.5) is 0 Å². The molecular weight excluding hydrogens is 504 g/mol. The van der Waals surface area contributed by atoms with Gasteiger partial charge < -0.3 is 20.2 Å². The van der Waals surface area contributed by atoms with Crippen LogP contribution in [0.1, 0.15) is 46.5 Å². The molecule has 2 aromatic carbocycles. The first kappa shape index (κ1) is 25.5. The summed E-state index contributed by atoms with van der Waals surface area (Å²) in [6.45, 7) is 2.45. The van der Waals surface area contributed by atoms with Gasteiger partial charge in [0.05, 0.1) is 12.6 Å². The summed E-state index contributed by atoms with van der Waals surface area (Å²) in [5, 5.41) is 19.5. The van der Waals surface area contributed by atoms with Crippen LogP contribution in [0.25, 0.3) is 10.9 Å². The Morgan fingerprint density at radius 3 is 2.64 bits per heavy atom. The minimum Gasteiger partial charge on any atom is -0.361 e. The van der Waals surface area contributed by atoms with Crippen molar-refractivity contribution in [1.29, 1.82) is 0 Å². The van der Waals surface area contributed by atoms with E-state index in [1.807, 2.05) is 12.1 Å². The van der Waals surface area contributed by atoms with E-state index in [2.05, 4.69) is 86.4 Å². The minimum atomic E-state index is -0.287. The van der Waals surface area contributed by atoms with E-state index >= 15 is 0 Å². The summed E-state index contributed by atoms with van der Waals surface area (Å²) in [4.78, 5) is 18.2. The van der Waals surface area contributed by atoms with Gasteiger partial charge in [-0.25, -0.2) is 0 Å². The number of hydrogen-bond acceptors (Lipinski definition) is 5. The molecule has 1 saturated heterocycles. The summed E-state index contributed by atoms with van der Waals surface area (Å²) in [7, 11) is 0. The van der Waals surface area contributed by atoms with Crippen LogP contribution in [-0.4, -0.2) is 38.7 Å². The van der Waals surface area contributed by atoms with E-state index in [0.29, 0.717) is 13.0 Å². The first-order valence-electron chi connectivity index (χ1n) is 13.8. The molecule has 39 heavy (non-hydrogen) atoms. The Balaban J connectivity index is 1.34. The zero-order valence-corrected chi connectivity index (χ0v) is 22.8. The molecule has 3 aromatic heterocycles. The maximum Gasteiger partial charge on any atom is 0.223 e. The van der Waals surface area contributed by atoms with Crippen LogP contribution >= 0.6 is 11.3 Å². The lowest BCUT2D eigenvalue weighted by molar-refractivity contribution is -0.126. The number of H-pyrrole nitrogens is 1. The van der Waals surface area contributed by atoms with Gasteiger partial charge in [-0.05, 0) is 61.0 Å². The molecule has 7 nitrogen and oxygen atoms in total. The number of aromatic nitrogens is 4. The Morgan fingerprint density at radius 2 is 1.82 bits per heavy atom. The smallest absolute Gasteiger partial charge is 0.223 e. The van der Waals surface area contributed by atoms with E-state index in [-0.39, 0.29) is 17.9 Å². The van der Waals surface area contributed by atoms with E-state index in [1.165, 1.54) is 15.8 Å². The third kappa shape index (κ3) is 5.97. The van der Waals surface area contributed by atoms with Crippen molar-refractivity contribution < 1.29 is 4.79 Å². The van der Waals surface area contributed by atoms with E-state index in [1.54, 1.807) is 11.3 Å². The standard InChI is InChI=1S/C31H34N6OS/c38-31(23-14-16-32-17-15-23)34-28(19-24-20-33-27-11-5-4-10-26(24)27)30-36-35-29(13-12-22-7-2-1-3-8-22)37(30)21-25-9-6-18-39-25/h1-11,18,20,23,28,32-33H,12-17,19,21H2,(H,34,38). The molecule has 4 heterocycles. The maximum atomic E-state index is 13.5. The number of piperidine rings is 1. The van der Waals surface area contributed by atoms with Crippen molar-refractivity contribution in [2.75, 3.05) is 13.1 Å². The fourth-order valence-electron chi connectivity index (χ4n) is 5.52. The van der Waals surface area contributed by atoms with Gasteiger partial charge in [0.2, 0.25) is 5.91 Å². The second kappa shape index (κ2) is 12.0. The number of thiophene rings is 1. The Bertz CT molecular complexity index is 1500. The van der Waals surface area contributed by atoms with E-state index in [9.17, 15) is 4.79 Å². The summed E-state index contributed by atoms with van der Waals surface area (Å²) < 4.78 is 2.23. The van der Waals surface area contributed by atoms with Crippen LogP contribution in [0, 0.1) is 5.92 Å². The molecule has 1 aliphatic rings. The molecule has 1 amide bonds. The molecule has 0 spiro atoms. The number of para-hydroxylation sites is 1. The average molecular weight is 539 g/mol. The number of amides is 1. The van der Waals surface area contributed by atoms with Gasteiger partial charge in [0.15, 0.2) is 5.82 Å². The first-order valence-corrected chi connectivity index (χ1v) is 14.7. The highest BCUT2D eigenvalue weighted by Crippen LogP contribution is 2.27. The van der Waals surface area contributed by atoms with Crippen molar-refractivity contribution in [3.8, 4) is 0 Å². The SMILES string of the molecule is O=C(NC(Cc1c[nH]c2ccccc12)c1nnc(CCc2ccccc2)n1Cc1cccs1)C1CCNCC1. The zero-order valence-electron chi connectivity index (χ0n) is 22.0. The van der Waals surface area contributed by atoms with Gasteiger partial charge in [-0.1, -0.05) is 54.6 Å². The van der Waals surface area contributed by atoms with E-state index < -0.39 is 0 Å². The van der Waals surface area contributed by atoms with E-state index in [0.717, 1.165) is 61.5 Å². The molecule has 1 aliphatic heterocycles. The largest absolute Gasteiger partial charge is 0.361 e. The number of aryl methyl sites for hydroxylation is 2. The van der Waals surface area contributed by atoms with Crippen LogP contribution < -0.4 is 10.6 Å². The second-order valence-corrected chi connectivity index (χ2v) is 11.3. The summed E-state index contributed by atoms with van der Waals surface area (Å²) in [5.41, 5.74) is 3.54. The number of carbonyl (C=O) groups is 1. The van der Waals surface area contributed by atoms with Crippen LogP contribution in [0.5, 0.6) is 0 Å². The van der Waals surface area contributed by atoms with Crippen molar-refractivity contribution in [2.24, 2.45) is 5.92 Å². The lowest BCUT2D eigenvalue weighted by Crippen LogP contribution is -2.41. The molecule has 5 aromatic rings. The van der Waals surface area contributed by atoms with Crippen LogP contribution in [0.2, 0.25) is 0 Å². The minimum absolute atomic E-state index is 0.0166. The fraction of sp³-hybridized carbons (Fsp3) is 0.323. The van der Waals surface area contributed by atoms with Gasteiger partial charge in [-0.2, -0.15) is 0 Å². The Hall–Kier alpha value is -3.75. The zero-order chi connectivity index (χ0) is 26.4. The van der Waals surface area contributed by atoms with Crippen LogP contribution in [0.3, 0.4) is 0 Å². The van der Waals surface area contributed by atoms with Crippen molar-refractivity contribution in [3.63, 3.8) is 0 Å². The monoisotopic (exact) mass is 538 g/mol. The van der Waals surface area contributed by atoms with Crippen LogP contribution in [0.15, 0.2) is 78.3 Å². The molecule has 0 saturated carbocycles. The Labute approximate surface area is 232 Å². The van der Waals surface area contributed by atoms with Crippen molar-refractivity contribution in [2.45, 2.75) is 44.7 Å². The number of rotatable bonds is 10. The number of hydrogen-bond donors (Lipinski definition) is 3. The summed E-state index contributed by atoms with van der Waals surface area (Å²) in [6.07, 6.45) is 6.08. The lowest BCUT2D eigenvalue weighted by Gasteiger charge is -2.25. The maximum absolute atomic E-state index is 13.5. The summed E-state index contributed by atoms with van der Waals surface area (Å²) >= 11 is 1.73. The van der Waals surface area contributed by atoms with Gasteiger partial charge in [0, 0.05) is 40.7 Å². The lowest BCUT2D eigenvalue weighted by atomic mass is 9.96. The first-order chi connectivity index (χ1) is 19.2. The summed E-state index contributed by atoms with van der Waals surface area (Å²) in [6, 6.07) is 22.8. The molecule has 1 unspecified atom stereocenters. The molecule has 0 aliphatic carbocycles. The van der Waals surface area contributed by atoms with Crippen molar-refractivity contribution in [1.82, 2.24) is 30.4 Å². The van der Waals surface area contributed by atoms with Gasteiger partial charge in [0.1, 0.15) is 5.82 Å². The van der Waals surface area contributed by atoms with Gasteiger partial charge in [0.25, 0.3) is 0 Å². The molecule has 8 heteroatoms. The van der Waals surface area contributed by atoms with Gasteiger partial charge in [-0.3, -0.25) is 4.79 Å². The van der Waals surface area contributed by atoms with Gasteiger partial charge in [-0.15, -0.1) is 21.5 Å². The predicted molar refractivity (Wildman–Crippen MR) is 156 cm³/mol. The molecule has 1 fully saturated rings. The van der Waals surface area contributed by atoms with Crippen molar-refractivity contribution >= 4 is 28.1 Å². The van der Waals surface area contributed by atoms with Crippen LogP contribution in [-0.2, 0) is 30.6 Å². The Kier molecular flexibility index (Phi) is 7.83. The fourth-order valence-corrected chi connectivity index (χ4v) is 6.22. The molecular formula is C31H34N6OS. The Morgan fingerprint density at radius 1 is 1.00 bits per heavy atom. The highest BCUT2D eigenvalue weighted by atomic mass is 32.1. The molecule has 6 rings (SSSR count). The van der Waals surface area contributed by atoms with Crippen molar-refractivity contribution in [3.05, 3.63) is 106 Å². The third-order valence-electron chi connectivity index (χ3n) is 7.67. The number of nitrogens with one attached hydrogen (secondary N) is 3. The molecule has 0 radical (unpaired) electrons. The predicted octanol–water partition coefficient (Wildman–Crippen LogP) is 5.05. The molecule has 0 bridgehead atoms. The number of aromatic amines is 1. The topological polar surface area (TPSA) is 87.6 Å². The molecule has 3 N–H and O–H groups in total. The highest BCUT2D eigenvalue weighted by molar-refractivity contribution is 7.09. The summed E-state index contributed by atoms with van der Waals surface area (Å²) in [5.74, 6) is 1.89. The number of fused-ring (bicyclic) bond motifs is 1. The average Bonchev–Trinajstić information content (AvgIpc) is 3.74. The number of nitrogens with zero attached hydrogens (tertiary/aromatic N) is 3. The molecule has 200 valence electrons. The quantitative estimate of drug-likeness (QED) is 0.232. The normalized spacial score (nSPS) is 15.0. The second-order valence-electron chi connectivity index (χ2n) is 10.3. The number of carbonyl (C=O) groups excluding carboxylic acids is 1. The third-order valence-corrected chi connectivity index (χ3v) is 8.53.